The first-order valence-electron chi connectivity index (χ1n) is 52.5. The third-order valence-corrected chi connectivity index (χ3v) is 31.3. The molecule has 0 saturated heterocycles. The molecule has 15 heteroatoms. The largest absolute Gasteiger partial charge is 0.483 e. The number of hydrogen-bond acceptors (Lipinski definition) is 15. The van der Waals surface area contributed by atoms with Crippen molar-refractivity contribution in [3.8, 4) is 11.5 Å². The van der Waals surface area contributed by atoms with Gasteiger partial charge in [0, 0.05) is 27.5 Å². The summed E-state index contributed by atoms with van der Waals surface area (Å²) in [5.74, 6) is 5.00. The molecular formula is C131H113N7O8. The Morgan fingerprint density at radius 3 is 1.14 bits per heavy atom. The van der Waals surface area contributed by atoms with Crippen molar-refractivity contribution in [2.75, 3.05) is 24.5 Å². The maximum atomic E-state index is 13.1. The molecule has 720 valence electrons. The minimum absolute atomic E-state index is 0.358. The number of azo groups is 1. The number of rotatable bonds is 5. The SMILES string of the molecule is Cc1ccc2oc3c(c2c1)C=Cc1ccccc1N3c1cccc2c1CCCC2.Cc1ccc2oc3c(c2c1)CCc1ccccc1N3c1cccc2c1CCCC2.Cc1ccc2oc3c(c2c1)N=Nc1ccccc1N3c1cccc2c1CCCC2.Cc1ccc2oc3c(c2c1)OC(=O)c1ccccc1N3c1cccc2c1CCCC2.Cc1ccc2oc3c(c2c1)OCc1ccccc1N3c1cccc2c1CCCC2. The van der Waals surface area contributed by atoms with Crippen LogP contribution in [0.25, 0.3) is 67.0 Å². The molecular weight excluding hydrogens is 1800 g/mol. The van der Waals surface area contributed by atoms with Crippen molar-refractivity contribution >= 4 is 171 Å². The Morgan fingerprint density at radius 2 is 0.603 bits per heavy atom. The van der Waals surface area contributed by atoms with E-state index in [1.54, 1.807) is 0 Å². The molecule has 0 radical (unpaired) electrons. The molecule has 0 unspecified atom stereocenters. The number of aryl methyl sites for hydroxylation is 12. The van der Waals surface area contributed by atoms with E-state index in [9.17, 15) is 4.79 Å². The summed E-state index contributed by atoms with van der Waals surface area (Å²) in [4.78, 5) is 24.4. The van der Waals surface area contributed by atoms with E-state index in [2.05, 4.69) is 311 Å². The van der Waals surface area contributed by atoms with Crippen LogP contribution in [0.2, 0.25) is 0 Å². The number of benzene rings is 15. The van der Waals surface area contributed by atoms with E-state index in [1.807, 2.05) is 73.7 Å². The van der Waals surface area contributed by atoms with E-state index in [0.29, 0.717) is 29.4 Å². The highest BCUT2D eigenvalue weighted by Gasteiger charge is 2.39. The average Bonchev–Trinajstić information content (AvgIpc) is 1.59. The van der Waals surface area contributed by atoms with Crippen molar-refractivity contribution in [3.63, 3.8) is 0 Å². The molecule has 10 aliphatic rings. The van der Waals surface area contributed by atoms with Gasteiger partial charge in [0.1, 0.15) is 40.2 Å². The van der Waals surface area contributed by atoms with E-state index < -0.39 is 0 Å². The zero-order chi connectivity index (χ0) is 97.7. The van der Waals surface area contributed by atoms with Crippen LogP contribution in [0, 0.1) is 34.6 Å². The van der Waals surface area contributed by atoms with Crippen LogP contribution in [-0.2, 0) is 83.7 Å². The summed E-state index contributed by atoms with van der Waals surface area (Å²) in [6.07, 6.45) is 30.2. The second-order valence-electron chi connectivity index (χ2n) is 40.8. The van der Waals surface area contributed by atoms with Crippen molar-refractivity contribution < 1.29 is 36.4 Å². The Balaban J connectivity index is 0.0000000927. The van der Waals surface area contributed by atoms with E-state index in [1.165, 1.54) is 222 Å². The van der Waals surface area contributed by atoms with Gasteiger partial charge in [-0.3, -0.25) is 24.5 Å². The Kier molecular flexibility index (Phi) is 23.2. The van der Waals surface area contributed by atoms with Crippen molar-refractivity contribution in [2.24, 2.45) is 10.2 Å². The summed E-state index contributed by atoms with van der Waals surface area (Å²) in [7, 11) is 0. The highest BCUT2D eigenvalue weighted by Crippen LogP contribution is 2.59. The molecule has 5 aliphatic carbocycles. The molecule has 20 aromatic rings. The van der Waals surface area contributed by atoms with Gasteiger partial charge in [0.15, 0.2) is 11.4 Å². The van der Waals surface area contributed by atoms with Gasteiger partial charge in [-0.05, 0) is 382 Å². The number of nitrogens with zero attached hydrogens (tertiary/aromatic N) is 7. The third kappa shape index (κ3) is 16.1. The van der Waals surface area contributed by atoms with Crippen LogP contribution in [0.3, 0.4) is 0 Å². The first-order chi connectivity index (χ1) is 71.9. The fourth-order valence-corrected chi connectivity index (χ4v) is 24.2. The number of fused-ring (bicyclic) bond motifs is 25. The quantitative estimate of drug-likeness (QED) is 0.151. The molecule has 30 rings (SSSR count). The minimum Gasteiger partial charge on any atom is -0.483 e. The van der Waals surface area contributed by atoms with Crippen LogP contribution in [0.4, 0.5) is 97.7 Å². The maximum absolute atomic E-state index is 13.1. The summed E-state index contributed by atoms with van der Waals surface area (Å²) in [5, 5.41) is 14.5. The molecule has 0 atom stereocenters. The Morgan fingerprint density at radius 1 is 0.247 bits per heavy atom. The van der Waals surface area contributed by atoms with Crippen LogP contribution in [0.1, 0.15) is 186 Å². The van der Waals surface area contributed by atoms with Gasteiger partial charge in [-0.2, -0.15) is 0 Å². The predicted molar refractivity (Wildman–Crippen MR) is 591 cm³/mol. The molecule has 5 aromatic heterocycles. The molecule has 5 aliphatic heterocycles. The zero-order valence-electron chi connectivity index (χ0n) is 83.2. The normalized spacial score (nSPS) is 15.2. The molecule has 15 nitrogen and oxygen atoms in total. The number of esters is 1. The van der Waals surface area contributed by atoms with Crippen molar-refractivity contribution in [2.45, 2.75) is 182 Å². The van der Waals surface area contributed by atoms with Gasteiger partial charge >= 0.3 is 5.97 Å². The molecule has 0 saturated carbocycles. The van der Waals surface area contributed by atoms with E-state index >= 15 is 0 Å². The maximum Gasteiger partial charge on any atom is 0.345 e. The van der Waals surface area contributed by atoms with Crippen molar-refractivity contribution in [1.29, 1.82) is 0 Å². The van der Waals surface area contributed by atoms with Crippen LogP contribution in [0.5, 0.6) is 11.5 Å². The third-order valence-electron chi connectivity index (χ3n) is 31.3. The monoisotopic (exact) mass is 1910 g/mol. The Hall–Kier alpha value is -16.4. The van der Waals surface area contributed by atoms with Crippen molar-refractivity contribution in [3.05, 3.63) is 420 Å². The Bertz CT molecular complexity index is 8160. The lowest BCUT2D eigenvalue weighted by Gasteiger charge is -2.29. The molecule has 0 bridgehead atoms. The molecule has 146 heavy (non-hydrogen) atoms. The zero-order valence-corrected chi connectivity index (χ0v) is 83.2. The summed E-state index contributed by atoms with van der Waals surface area (Å²) >= 11 is 0. The van der Waals surface area contributed by atoms with Gasteiger partial charge in [-0.1, -0.05) is 204 Å². The van der Waals surface area contributed by atoms with Gasteiger partial charge in [0.05, 0.1) is 78.6 Å². The summed E-state index contributed by atoms with van der Waals surface area (Å²) in [6.45, 7) is 11.1. The average molecular weight is 1910 g/mol. The lowest BCUT2D eigenvalue weighted by molar-refractivity contribution is 0.0740. The predicted octanol–water partition coefficient (Wildman–Crippen LogP) is 36.2. The summed E-state index contributed by atoms with van der Waals surface area (Å²) < 4.78 is 44.5. The number of carbonyl (C=O) groups is 1. The van der Waals surface area contributed by atoms with Crippen molar-refractivity contribution in [1.82, 2.24) is 0 Å². The lowest BCUT2D eigenvalue weighted by Crippen LogP contribution is -2.15. The van der Waals surface area contributed by atoms with E-state index in [4.69, 9.17) is 31.6 Å². The lowest BCUT2D eigenvalue weighted by atomic mass is 9.90. The van der Waals surface area contributed by atoms with Gasteiger partial charge < -0.3 is 31.6 Å². The molecule has 0 amide bonds. The first-order valence-corrected chi connectivity index (χ1v) is 52.5. The van der Waals surface area contributed by atoms with Gasteiger partial charge in [-0.15, -0.1) is 10.2 Å². The topological polar surface area (TPSA) is 142 Å². The number of para-hydroxylation sites is 5. The van der Waals surface area contributed by atoms with Gasteiger partial charge in [0.25, 0.3) is 0 Å². The summed E-state index contributed by atoms with van der Waals surface area (Å²) in [5.41, 5.74) is 44.7. The van der Waals surface area contributed by atoms with E-state index in [-0.39, 0.29) is 5.97 Å². The number of anilines is 15. The first kappa shape index (κ1) is 89.7. The molecule has 10 heterocycles. The van der Waals surface area contributed by atoms with Crippen LogP contribution in [0.15, 0.2) is 336 Å². The van der Waals surface area contributed by atoms with E-state index in [0.717, 1.165) is 177 Å². The standard InChI is InChI=1S/C27H25NO.C27H23NO.C26H21NO3.C26H23NO2.C25H21N3O/c2*1-18-13-16-26-23(17-18)22-15-14-20-8-3-5-11-24(20)28(27(22)29-26)25-12-6-9-19-7-2-4-10-21(19)25;1-16-13-14-23-20(15-16)24-25(29-23)27(22-11-5-4-10-19(22)26(28)30-24)21-12-6-8-17-7-2-3-9-18(17)21;1-17-13-14-24-21(15-17)25-26(29-24)27(22-11-5-3-8-19(22)16-28-25)23-12-6-9-18-7-2-4-10-20(18)23;1-16-13-14-23-19(15-16)24-25(29-23)28(22-11-5-4-10-20(22)26-27-24)21-12-6-8-17-7-2-3-9-18(17)21/h3,5-6,8-9,11-13,16-17H,2,4,7,10,14-15H2,1H3;3,5-6,8-9,11-17H,2,4,7,10H2,1H3;4-6,8,10-15H,2-3,7,9H2,1H3;3,5-6,8-9,11-15H,2,4,7,10,16H2,1H3;4-6,8,10-15H,2-3,7,9H2,1H3. The number of carbonyl (C=O) groups excluding carboxylic acids is 1. The second kappa shape index (κ2) is 37.7. The molecule has 0 fully saturated rings. The highest BCUT2D eigenvalue weighted by atomic mass is 16.5. The van der Waals surface area contributed by atoms with Gasteiger partial charge in [0.2, 0.25) is 35.2 Å². The minimum atomic E-state index is -0.358. The smallest absolute Gasteiger partial charge is 0.345 e. The number of ether oxygens (including phenoxy) is 2. The van der Waals surface area contributed by atoms with Crippen LogP contribution in [-0.4, -0.2) is 5.97 Å². The fourth-order valence-electron chi connectivity index (χ4n) is 24.2. The van der Waals surface area contributed by atoms with Crippen LogP contribution >= 0.6 is 0 Å². The fraction of sp³-hybridized carbons (Fsp3) is 0.214. The Labute approximate surface area is 850 Å². The second-order valence-corrected chi connectivity index (χ2v) is 40.8. The number of hydrogen-bond donors (Lipinski definition) is 0. The molecule has 0 spiro atoms. The molecule has 15 aromatic carbocycles. The van der Waals surface area contributed by atoms with Gasteiger partial charge in [-0.25, -0.2) is 4.79 Å². The molecule has 0 N–H and O–H groups in total. The number of furan rings is 5. The highest BCUT2D eigenvalue weighted by molar-refractivity contribution is 6.08. The van der Waals surface area contributed by atoms with Crippen LogP contribution < -0.4 is 34.0 Å². The summed E-state index contributed by atoms with van der Waals surface area (Å²) in [6, 6.07) is 107.